The number of nitrogens with one attached hydrogen (secondary N) is 1. The third-order valence-electron chi connectivity index (χ3n) is 4.81. The van der Waals surface area contributed by atoms with Gasteiger partial charge in [-0.2, -0.15) is 0 Å². The van der Waals surface area contributed by atoms with Crippen molar-refractivity contribution in [2.75, 3.05) is 52.3 Å². The number of nitrogens with zero attached hydrogens (tertiary/aromatic N) is 3. The molecule has 3 rings (SSSR count). The van der Waals surface area contributed by atoms with E-state index in [9.17, 15) is 4.79 Å². The molecule has 1 aromatic carbocycles. The molecule has 1 saturated heterocycles. The summed E-state index contributed by atoms with van der Waals surface area (Å²) in [5.74, 6) is 1.96. The SMILES string of the molecule is COc1cc(I)c(C(=O)NCc2ccc(N3CCN(C)CC3)nc2)cc1OC. The second-order valence-corrected chi connectivity index (χ2v) is 7.85. The molecule has 1 aromatic heterocycles. The summed E-state index contributed by atoms with van der Waals surface area (Å²) >= 11 is 2.12. The van der Waals surface area contributed by atoms with Crippen molar-refractivity contribution in [1.29, 1.82) is 0 Å². The minimum atomic E-state index is -0.159. The Morgan fingerprint density at radius 1 is 1.14 bits per heavy atom. The molecule has 28 heavy (non-hydrogen) atoms. The lowest BCUT2D eigenvalue weighted by atomic mass is 10.1. The van der Waals surface area contributed by atoms with Gasteiger partial charge in [-0.05, 0) is 53.4 Å². The lowest BCUT2D eigenvalue weighted by molar-refractivity contribution is 0.0949. The molecule has 8 heteroatoms. The monoisotopic (exact) mass is 496 g/mol. The van der Waals surface area contributed by atoms with E-state index in [2.05, 4.69) is 49.7 Å². The molecule has 1 N–H and O–H groups in total. The van der Waals surface area contributed by atoms with Crippen molar-refractivity contribution in [2.45, 2.75) is 6.54 Å². The van der Waals surface area contributed by atoms with Gasteiger partial charge in [-0.1, -0.05) is 6.07 Å². The van der Waals surface area contributed by atoms with Crippen LogP contribution in [0, 0.1) is 3.57 Å². The number of hydrogen-bond acceptors (Lipinski definition) is 6. The van der Waals surface area contributed by atoms with Crippen LogP contribution >= 0.6 is 22.6 Å². The molecule has 150 valence electrons. The van der Waals surface area contributed by atoms with Crippen LogP contribution in [0.25, 0.3) is 0 Å². The standard InChI is InChI=1S/C20H25IN4O3/c1-24-6-8-25(9-7-24)19-5-4-14(12-22-19)13-23-20(26)15-10-17(27-2)18(28-3)11-16(15)21/h4-5,10-12H,6-9,13H2,1-3H3,(H,23,26). The van der Waals surface area contributed by atoms with Crippen LogP contribution in [0.2, 0.25) is 0 Å². The summed E-state index contributed by atoms with van der Waals surface area (Å²) in [6.07, 6.45) is 1.83. The first-order valence-electron chi connectivity index (χ1n) is 9.10. The Labute approximate surface area is 179 Å². The Morgan fingerprint density at radius 3 is 2.43 bits per heavy atom. The van der Waals surface area contributed by atoms with Gasteiger partial charge in [0.2, 0.25) is 0 Å². The molecule has 0 saturated carbocycles. The Balaban J connectivity index is 1.62. The fourth-order valence-corrected chi connectivity index (χ4v) is 3.73. The molecule has 1 amide bonds. The van der Waals surface area contributed by atoms with Crippen LogP contribution in [0.3, 0.4) is 0 Å². The number of methoxy groups -OCH3 is 2. The zero-order chi connectivity index (χ0) is 20.1. The van der Waals surface area contributed by atoms with E-state index in [1.807, 2.05) is 18.3 Å². The van der Waals surface area contributed by atoms with E-state index >= 15 is 0 Å². The number of carbonyl (C=O) groups excluding carboxylic acids is 1. The number of benzene rings is 1. The van der Waals surface area contributed by atoms with Crippen LogP contribution in [-0.4, -0.2) is 63.2 Å². The fraction of sp³-hybridized carbons (Fsp3) is 0.400. The summed E-state index contributed by atoms with van der Waals surface area (Å²) in [5, 5.41) is 2.95. The van der Waals surface area contributed by atoms with Crippen molar-refractivity contribution in [2.24, 2.45) is 0 Å². The number of pyridine rings is 1. The highest BCUT2D eigenvalue weighted by atomic mass is 127. The highest BCUT2D eigenvalue weighted by Gasteiger charge is 2.17. The van der Waals surface area contributed by atoms with E-state index in [-0.39, 0.29) is 5.91 Å². The van der Waals surface area contributed by atoms with Crippen LogP contribution in [0.4, 0.5) is 5.82 Å². The van der Waals surface area contributed by atoms with Gasteiger partial charge in [0.25, 0.3) is 5.91 Å². The van der Waals surface area contributed by atoms with Crippen molar-refractivity contribution in [1.82, 2.24) is 15.2 Å². The number of carbonyl (C=O) groups is 1. The maximum absolute atomic E-state index is 12.6. The minimum Gasteiger partial charge on any atom is -0.493 e. The van der Waals surface area contributed by atoms with E-state index in [0.717, 1.165) is 41.1 Å². The Morgan fingerprint density at radius 2 is 1.82 bits per heavy atom. The van der Waals surface area contributed by atoms with Crippen molar-refractivity contribution >= 4 is 34.3 Å². The fourth-order valence-electron chi connectivity index (χ4n) is 3.05. The van der Waals surface area contributed by atoms with Gasteiger partial charge >= 0.3 is 0 Å². The first-order chi connectivity index (χ1) is 13.5. The lowest BCUT2D eigenvalue weighted by Crippen LogP contribution is -2.44. The number of likely N-dealkylation sites (N-methyl/N-ethyl adjacent to an activating group) is 1. The van der Waals surface area contributed by atoms with Crippen molar-refractivity contribution in [3.63, 3.8) is 0 Å². The zero-order valence-corrected chi connectivity index (χ0v) is 18.5. The molecule has 1 aliphatic rings. The molecule has 1 fully saturated rings. The summed E-state index contributed by atoms with van der Waals surface area (Å²) < 4.78 is 11.4. The number of ether oxygens (including phenoxy) is 2. The van der Waals surface area contributed by atoms with Gasteiger partial charge in [0.1, 0.15) is 5.82 Å². The summed E-state index contributed by atoms with van der Waals surface area (Å²) in [6, 6.07) is 7.53. The first-order valence-corrected chi connectivity index (χ1v) is 10.2. The summed E-state index contributed by atoms with van der Waals surface area (Å²) in [4.78, 5) is 21.8. The highest BCUT2D eigenvalue weighted by Crippen LogP contribution is 2.31. The van der Waals surface area contributed by atoms with Crippen LogP contribution in [0.5, 0.6) is 11.5 Å². The summed E-state index contributed by atoms with van der Waals surface area (Å²) in [6.45, 7) is 4.47. The van der Waals surface area contributed by atoms with E-state index in [4.69, 9.17) is 9.47 Å². The molecule has 1 aliphatic heterocycles. The Hall–Kier alpha value is -2.07. The first kappa shape index (κ1) is 20.7. The molecule has 2 aromatic rings. The average Bonchev–Trinajstić information content (AvgIpc) is 2.72. The van der Waals surface area contributed by atoms with Gasteiger partial charge in [0.15, 0.2) is 11.5 Å². The Kier molecular flexibility index (Phi) is 6.95. The predicted molar refractivity (Wildman–Crippen MR) is 117 cm³/mol. The maximum Gasteiger partial charge on any atom is 0.252 e. The zero-order valence-electron chi connectivity index (χ0n) is 16.4. The summed E-state index contributed by atoms with van der Waals surface area (Å²) in [7, 11) is 5.27. The van der Waals surface area contributed by atoms with E-state index in [0.29, 0.717) is 23.6 Å². The topological polar surface area (TPSA) is 66.9 Å². The molecule has 2 heterocycles. The second-order valence-electron chi connectivity index (χ2n) is 6.68. The number of aromatic nitrogens is 1. The summed E-state index contributed by atoms with van der Waals surface area (Å²) in [5.41, 5.74) is 1.52. The number of halogens is 1. The predicted octanol–water partition coefficient (Wildman–Crippen LogP) is 2.39. The molecule has 0 radical (unpaired) electrons. The number of piperazine rings is 1. The highest BCUT2D eigenvalue weighted by molar-refractivity contribution is 14.1. The molecule has 0 spiro atoms. The van der Waals surface area contributed by atoms with Gasteiger partial charge in [-0.3, -0.25) is 4.79 Å². The number of amides is 1. The number of anilines is 1. The quantitative estimate of drug-likeness (QED) is 0.620. The molecule has 0 bridgehead atoms. The normalized spacial score (nSPS) is 14.6. The molecule has 7 nitrogen and oxygen atoms in total. The Bertz CT molecular complexity index is 821. The molecule has 0 unspecified atom stereocenters. The van der Waals surface area contributed by atoms with Crippen LogP contribution in [-0.2, 0) is 6.54 Å². The van der Waals surface area contributed by atoms with E-state index < -0.39 is 0 Å². The van der Waals surface area contributed by atoms with Gasteiger partial charge < -0.3 is 24.6 Å². The van der Waals surface area contributed by atoms with Crippen LogP contribution in [0.15, 0.2) is 30.5 Å². The molecular formula is C20H25IN4O3. The third-order valence-corrected chi connectivity index (χ3v) is 5.70. The third kappa shape index (κ3) is 4.85. The van der Waals surface area contributed by atoms with Gasteiger partial charge in [-0.25, -0.2) is 4.98 Å². The number of hydrogen-bond donors (Lipinski definition) is 1. The maximum atomic E-state index is 12.6. The van der Waals surface area contributed by atoms with Gasteiger partial charge in [0.05, 0.1) is 19.8 Å². The van der Waals surface area contributed by atoms with Crippen molar-refractivity contribution in [3.8, 4) is 11.5 Å². The minimum absolute atomic E-state index is 0.159. The average molecular weight is 496 g/mol. The van der Waals surface area contributed by atoms with Crippen LogP contribution < -0.4 is 19.7 Å². The lowest BCUT2D eigenvalue weighted by Gasteiger charge is -2.33. The van der Waals surface area contributed by atoms with Crippen LogP contribution in [0.1, 0.15) is 15.9 Å². The van der Waals surface area contributed by atoms with E-state index in [1.165, 1.54) is 0 Å². The van der Waals surface area contributed by atoms with Gasteiger partial charge in [-0.15, -0.1) is 0 Å². The molecule has 0 atom stereocenters. The van der Waals surface area contributed by atoms with Crippen molar-refractivity contribution in [3.05, 3.63) is 45.2 Å². The van der Waals surface area contributed by atoms with Crippen molar-refractivity contribution < 1.29 is 14.3 Å². The number of rotatable bonds is 6. The second kappa shape index (κ2) is 9.42. The largest absolute Gasteiger partial charge is 0.493 e. The van der Waals surface area contributed by atoms with E-state index in [1.54, 1.807) is 26.4 Å². The molecule has 0 aliphatic carbocycles. The van der Waals surface area contributed by atoms with Gasteiger partial charge in [0, 0.05) is 42.5 Å². The smallest absolute Gasteiger partial charge is 0.252 e. The molecular weight excluding hydrogens is 471 g/mol.